The molecule has 1 heterocycles. The van der Waals surface area contributed by atoms with Gasteiger partial charge in [-0.25, -0.2) is 0 Å². The highest BCUT2D eigenvalue weighted by Gasteiger charge is 2.30. The van der Waals surface area contributed by atoms with Gasteiger partial charge in [0.1, 0.15) is 0 Å². The molecule has 2 aromatic rings. The van der Waals surface area contributed by atoms with Crippen LogP contribution in [-0.4, -0.2) is 46.3 Å². The number of nitrogens with zero attached hydrogens (tertiary/aromatic N) is 1. The molecular formula is C21H25NO3. The van der Waals surface area contributed by atoms with E-state index in [4.69, 9.17) is 0 Å². The molecule has 4 nitrogen and oxygen atoms in total. The summed E-state index contributed by atoms with van der Waals surface area (Å²) in [5.74, 6) is 0.0784. The van der Waals surface area contributed by atoms with Gasteiger partial charge in [0.05, 0.1) is 18.6 Å². The van der Waals surface area contributed by atoms with E-state index in [1.165, 1.54) is 0 Å². The molecule has 3 rings (SSSR count). The highest BCUT2D eigenvalue weighted by molar-refractivity contribution is 5.79. The SMILES string of the molecule is O=C(Cc1ccc(-c2ccccc2)cc1)N1CCC[C@](O)(CO)CC1. The van der Waals surface area contributed by atoms with Crippen molar-refractivity contribution >= 4 is 5.91 Å². The smallest absolute Gasteiger partial charge is 0.226 e. The van der Waals surface area contributed by atoms with E-state index < -0.39 is 5.60 Å². The lowest BCUT2D eigenvalue weighted by atomic mass is 9.96. The Hall–Kier alpha value is -2.17. The van der Waals surface area contributed by atoms with Crippen LogP contribution in [0.5, 0.6) is 0 Å². The molecule has 4 heteroatoms. The van der Waals surface area contributed by atoms with Crippen LogP contribution in [0.2, 0.25) is 0 Å². The molecule has 0 aromatic heterocycles. The Morgan fingerprint density at radius 3 is 2.32 bits per heavy atom. The monoisotopic (exact) mass is 339 g/mol. The van der Waals surface area contributed by atoms with E-state index >= 15 is 0 Å². The highest BCUT2D eigenvalue weighted by Crippen LogP contribution is 2.23. The molecule has 1 amide bonds. The molecule has 0 spiro atoms. The van der Waals surface area contributed by atoms with Crippen LogP contribution < -0.4 is 0 Å². The van der Waals surface area contributed by atoms with Crippen molar-refractivity contribution in [1.29, 1.82) is 0 Å². The summed E-state index contributed by atoms with van der Waals surface area (Å²) in [7, 11) is 0. The van der Waals surface area contributed by atoms with Gasteiger partial charge in [0.2, 0.25) is 5.91 Å². The Labute approximate surface area is 148 Å². The fraction of sp³-hybridized carbons (Fsp3) is 0.381. The first-order chi connectivity index (χ1) is 12.1. The number of hydrogen-bond donors (Lipinski definition) is 2. The van der Waals surface area contributed by atoms with Gasteiger partial charge in [-0.3, -0.25) is 4.79 Å². The van der Waals surface area contributed by atoms with Crippen molar-refractivity contribution in [2.45, 2.75) is 31.3 Å². The molecule has 0 radical (unpaired) electrons. The Kier molecular flexibility index (Phi) is 5.51. The number of amides is 1. The van der Waals surface area contributed by atoms with E-state index in [-0.39, 0.29) is 12.5 Å². The van der Waals surface area contributed by atoms with Crippen LogP contribution in [0.25, 0.3) is 11.1 Å². The minimum Gasteiger partial charge on any atom is -0.393 e. The fourth-order valence-electron chi connectivity index (χ4n) is 3.32. The zero-order valence-electron chi connectivity index (χ0n) is 14.4. The topological polar surface area (TPSA) is 60.8 Å². The predicted octanol–water partition coefficient (Wildman–Crippen LogP) is 2.63. The molecule has 0 bridgehead atoms. The van der Waals surface area contributed by atoms with E-state index in [0.29, 0.717) is 32.4 Å². The van der Waals surface area contributed by atoms with Crippen molar-refractivity contribution in [3.63, 3.8) is 0 Å². The standard InChI is InChI=1S/C21H25NO3/c23-16-21(25)11-4-13-22(14-12-21)20(24)15-17-7-9-19(10-8-17)18-5-2-1-3-6-18/h1-3,5-10,23,25H,4,11-16H2/t21-/m1/s1. The molecule has 2 aromatic carbocycles. The van der Waals surface area contributed by atoms with Crippen LogP contribution >= 0.6 is 0 Å². The van der Waals surface area contributed by atoms with E-state index in [2.05, 4.69) is 12.1 Å². The van der Waals surface area contributed by atoms with Gasteiger partial charge in [-0.1, -0.05) is 54.6 Å². The number of likely N-dealkylation sites (tertiary alicyclic amines) is 1. The summed E-state index contributed by atoms with van der Waals surface area (Å²) >= 11 is 0. The number of carbonyl (C=O) groups excluding carboxylic acids is 1. The first-order valence-electron chi connectivity index (χ1n) is 8.85. The molecule has 1 saturated heterocycles. The van der Waals surface area contributed by atoms with Crippen LogP contribution in [0.15, 0.2) is 54.6 Å². The minimum atomic E-state index is -1.04. The first kappa shape index (κ1) is 17.6. The fourth-order valence-corrected chi connectivity index (χ4v) is 3.32. The van der Waals surface area contributed by atoms with Crippen LogP contribution in [0.4, 0.5) is 0 Å². The quantitative estimate of drug-likeness (QED) is 0.900. The lowest BCUT2D eigenvalue weighted by Gasteiger charge is -2.24. The maximum atomic E-state index is 12.6. The lowest BCUT2D eigenvalue weighted by Crippen LogP contribution is -2.37. The summed E-state index contributed by atoms with van der Waals surface area (Å²) in [6.45, 7) is 0.900. The Bertz CT molecular complexity index is 699. The first-order valence-corrected chi connectivity index (χ1v) is 8.85. The number of rotatable bonds is 4. The summed E-state index contributed by atoms with van der Waals surface area (Å²) in [5.41, 5.74) is 2.26. The second-order valence-electron chi connectivity index (χ2n) is 6.86. The third-order valence-electron chi connectivity index (χ3n) is 4.98. The van der Waals surface area contributed by atoms with Crippen molar-refractivity contribution in [1.82, 2.24) is 4.90 Å². The second kappa shape index (κ2) is 7.81. The normalized spacial score (nSPS) is 21.0. The molecule has 1 fully saturated rings. The highest BCUT2D eigenvalue weighted by atomic mass is 16.3. The van der Waals surface area contributed by atoms with Gasteiger partial charge in [0.15, 0.2) is 0 Å². The maximum Gasteiger partial charge on any atom is 0.226 e. The van der Waals surface area contributed by atoms with Crippen molar-refractivity contribution in [3.8, 4) is 11.1 Å². The average molecular weight is 339 g/mol. The number of aliphatic hydroxyl groups excluding tert-OH is 1. The number of carbonyl (C=O) groups is 1. The van der Waals surface area contributed by atoms with E-state index in [1.807, 2.05) is 42.5 Å². The van der Waals surface area contributed by atoms with Crippen molar-refractivity contribution in [3.05, 3.63) is 60.2 Å². The molecule has 2 N–H and O–H groups in total. The largest absolute Gasteiger partial charge is 0.393 e. The van der Waals surface area contributed by atoms with Crippen molar-refractivity contribution < 1.29 is 15.0 Å². The number of hydrogen-bond acceptors (Lipinski definition) is 3. The molecule has 25 heavy (non-hydrogen) atoms. The lowest BCUT2D eigenvalue weighted by molar-refractivity contribution is -0.130. The zero-order chi connectivity index (χ0) is 17.7. The van der Waals surface area contributed by atoms with Crippen molar-refractivity contribution in [2.24, 2.45) is 0 Å². The van der Waals surface area contributed by atoms with Gasteiger partial charge >= 0.3 is 0 Å². The van der Waals surface area contributed by atoms with E-state index in [0.717, 1.165) is 23.1 Å². The maximum absolute atomic E-state index is 12.6. The van der Waals surface area contributed by atoms with E-state index in [9.17, 15) is 15.0 Å². The van der Waals surface area contributed by atoms with Gasteiger partial charge in [-0.05, 0) is 36.0 Å². The molecule has 132 valence electrons. The summed E-state index contributed by atoms with van der Waals surface area (Å²) in [6.07, 6.45) is 2.06. The van der Waals surface area contributed by atoms with E-state index in [1.54, 1.807) is 4.90 Å². The van der Waals surface area contributed by atoms with Crippen LogP contribution in [0.3, 0.4) is 0 Å². The molecular weight excluding hydrogens is 314 g/mol. The third kappa shape index (κ3) is 4.47. The zero-order valence-corrected chi connectivity index (χ0v) is 14.4. The molecule has 0 aliphatic carbocycles. The van der Waals surface area contributed by atoms with Crippen LogP contribution in [0, 0.1) is 0 Å². The van der Waals surface area contributed by atoms with Crippen molar-refractivity contribution in [2.75, 3.05) is 19.7 Å². The Morgan fingerprint density at radius 1 is 0.960 bits per heavy atom. The van der Waals surface area contributed by atoms with Crippen LogP contribution in [-0.2, 0) is 11.2 Å². The summed E-state index contributed by atoms with van der Waals surface area (Å²) < 4.78 is 0. The summed E-state index contributed by atoms with van der Waals surface area (Å²) in [4.78, 5) is 14.4. The minimum absolute atomic E-state index is 0.0784. The Balaban J connectivity index is 1.61. The van der Waals surface area contributed by atoms with Gasteiger partial charge in [-0.2, -0.15) is 0 Å². The van der Waals surface area contributed by atoms with Gasteiger partial charge in [0, 0.05) is 13.1 Å². The summed E-state index contributed by atoms with van der Waals surface area (Å²) in [6, 6.07) is 18.3. The Morgan fingerprint density at radius 2 is 1.64 bits per heavy atom. The molecule has 1 aliphatic rings. The molecule has 1 atom stereocenters. The average Bonchev–Trinajstić information content (AvgIpc) is 2.85. The second-order valence-corrected chi connectivity index (χ2v) is 6.86. The number of benzene rings is 2. The van der Waals surface area contributed by atoms with Gasteiger partial charge < -0.3 is 15.1 Å². The molecule has 0 unspecified atom stereocenters. The van der Waals surface area contributed by atoms with Crippen LogP contribution in [0.1, 0.15) is 24.8 Å². The van der Waals surface area contributed by atoms with Gasteiger partial charge in [0.25, 0.3) is 0 Å². The molecule has 1 aliphatic heterocycles. The number of aliphatic hydroxyl groups is 2. The molecule has 0 saturated carbocycles. The predicted molar refractivity (Wildman–Crippen MR) is 98.0 cm³/mol. The third-order valence-corrected chi connectivity index (χ3v) is 4.98. The van der Waals surface area contributed by atoms with Gasteiger partial charge in [-0.15, -0.1) is 0 Å². The summed E-state index contributed by atoms with van der Waals surface area (Å²) in [5, 5.41) is 19.5.